The van der Waals surface area contributed by atoms with Crippen LogP contribution >= 0.6 is 11.6 Å². The lowest BCUT2D eigenvalue weighted by molar-refractivity contribution is -0.136. The van der Waals surface area contributed by atoms with Gasteiger partial charge in [-0.2, -0.15) is 0 Å². The van der Waals surface area contributed by atoms with E-state index in [-0.39, 0.29) is 24.0 Å². The van der Waals surface area contributed by atoms with Gasteiger partial charge in [-0.3, -0.25) is 9.59 Å². The van der Waals surface area contributed by atoms with Gasteiger partial charge in [0.15, 0.2) is 11.5 Å². The van der Waals surface area contributed by atoms with Gasteiger partial charge in [-0.25, -0.2) is 4.39 Å². The largest absolute Gasteiger partial charge is 0.454 e. The van der Waals surface area contributed by atoms with Crippen LogP contribution in [0.4, 0.5) is 10.1 Å². The predicted octanol–water partition coefficient (Wildman–Crippen LogP) is 2.17. The molecule has 142 valence electrons. The van der Waals surface area contributed by atoms with Crippen molar-refractivity contribution >= 4 is 29.1 Å². The highest BCUT2D eigenvalue weighted by atomic mass is 35.5. The lowest BCUT2D eigenvalue weighted by Crippen LogP contribution is -2.43. The summed E-state index contributed by atoms with van der Waals surface area (Å²) in [5.41, 5.74) is -0.794. The van der Waals surface area contributed by atoms with Crippen molar-refractivity contribution in [3.8, 4) is 11.5 Å². The van der Waals surface area contributed by atoms with Gasteiger partial charge in [-0.15, -0.1) is 0 Å². The van der Waals surface area contributed by atoms with Crippen molar-refractivity contribution in [2.75, 3.05) is 18.7 Å². The zero-order valence-electron chi connectivity index (χ0n) is 14.2. The highest BCUT2D eigenvalue weighted by Gasteiger charge is 2.27. The van der Waals surface area contributed by atoms with Gasteiger partial charge in [0, 0.05) is 5.69 Å². The van der Waals surface area contributed by atoms with E-state index in [0.717, 1.165) is 6.07 Å². The maximum atomic E-state index is 13.1. The second-order valence-electron chi connectivity index (χ2n) is 6.11. The van der Waals surface area contributed by atoms with Crippen LogP contribution in [0, 0.1) is 5.82 Å². The normalized spacial score (nSPS) is 14.4. The molecular formula is C18H16ClFN2O5. The first-order valence-corrected chi connectivity index (χ1v) is 8.31. The number of hydrogen-bond acceptors (Lipinski definition) is 5. The number of aliphatic hydroxyl groups is 1. The van der Waals surface area contributed by atoms with Gasteiger partial charge in [0.25, 0.3) is 0 Å². The average Bonchev–Trinajstić information content (AvgIpc) is 3.10. The average molecular weight is 395 g/mol. The second kappa shape index (κ2) is 7.42. The second-order valence-corrected chi connectivity index (χ2v) is 6.51. The molecule has 27 heavy (non-hydrogen) atoms. The topological polar surface area (TPSA) is 96.9 Å². The van der Waals surface area contributed by atoms with Crippen LogP contribution < -0.4 is 20.1 Å². The van der Waals surface area contributed by atoms with Crippen molar-refractivity contribution in [2.24, 2.45) is 0 Å². The lowest BCUT2D eigenvalue weighted by Gasteiger charge is -2.24. The monoisotopic (exact) mass is 394 g/mol. The van der Waals surface area contributed by atoms with Gasteiger partial charge >= 0.3 is 11.8 Å². The molecule has 0 radical (unpaired) electrons. The van der Waals surface area contributed by atoms with E-state index in [0.29, 0.717) is 17.1 Å². The van der Waals surface area contributed by atoms with Crippen LogP contribution in [0.2, 0.25) is 5.02 Å². The van der Waals surface area contributed by atoms with E-state index in [1.807, 2.05) is 0 Å². The number of amides is 2. The van der Waals surface area contributed by atoms with Crippen molar-refractivity contribution in [2.45, 2.75) is 12.5 Å². The van der Waals surface area contributed by atoms with E-state index in [1.165, 1.54) is 19.1 Å². The molecule has 1 aliphatic heterocycles. The molecule has 1 aliphatic rings. The van der Waals surface area contributed by atoms with Crippen molar-refractivity contribution in [3.63, 3.8) is 0 Å². The predicted molar refractivity (Wildman–Crippen MR) is 95.2 cm³/mol. The smallest absolute Gasteiger partial charge is 0.313 e. The van der Waals surface area contributed by atoms with Crippen LogP contribution in [0.3, 0.4) is 0 Å². The summed E-state index contributed by atoms with van der Waals surface area (Å²) in [5.74, 6) is -1.52. The number of halogens is 2. The van der Waals surface area contributed by atoms with Crippen LogP contribution in [-0.4, -0.2) is 30.3 Å². The molecule has 2 aromatic rings. The molecule has 1 atom stereocenters. The number of nitrogens with one attached hydrogen (secondary N) is 2. The first-order chi connectivity index (χ1) is 12.8. The Morgan fingerprint density at radius 1 is 1.19 bits per heavy atom. The molecule has 0 aliphatic carbocycles. The van der Waals surface area contributed by atoms with Gasteiger partial charge in [0.1, 0.15) is 11.4 Å². The van der Waals surface area contributed by atoms with Crippen LogP contribution in [0.5, 0.6) is 11.5 Å². The highest BCUT2D eigenvalue weighted by molar-refractivity contribution is 6.39. The molecule has 0 bridgehead atoms. The Hall–Kier alpha value is -2.84. The minimum atomic E-state index is -1.45. The number of carbonyl (C=O) groups is 2. The van der Waals surface area contributed by atoms with E-state index >= 15 is 0 Å². The third-order valence-electron chi connectivity index (χ3n) is 3.97. The maximum absolute atomic E-state index is 13.1. The third kappa shape index (κ3) is 4.29. The van der Waals surface area contributed by atoms with Crippen molar-refractivity contribution in [1.82, 2.24) is 5.32 Å². The number of benzene rings is 2. The van der Waals surface area contributed by atoms with Crippen LogP contribution in [0.15, 0.2) is 36.4 Å². The summed E-state index contributed by atoms with van der Waals surface area (Å²) in [6.07, 6.45) is 0. The molecule has 9 heteroatoms. The van der Waals surface area contributed by atoms with Crippen LogP contribution in [-0.2, 0) is 15.2 Å². The number of hydrogen-bond donors (Lipinski definition) is 3. The summed E-state index contributed by atoms with van der Waals surface area (Å²) in [4.78, 5) is 23.9. The minimum absolute atomic E-state index is 0.102. The van der Waals surface area contributed by atoms with Crippen molar-refractivity contribution < 1.29 is 28.6 Å². The standard InChI is InChI=1S/C18H16ClFN2O5/c1-18(25,10-2-5-14-15(6-10)27-9-26-14)8-21-16(23)17(24)22-11-3-4-13(20)12(19)7-11/h2-7,25H,8-9H2,1H3,(H,21,23)(H,22,24)/t18-/m1/s1. The quantitative estimate of drug-likeness (QED) is 0.690. The third-order valence-corrected chi connectivity index (χ3v) is 4.26. The molecule has 0 aromatic heterocycles. The molecule has 3 rings (SSSR count). The van der Waals surface area contributed by atoms with Gasteiger partial charge in [-0.1, -0.05) is 17.7 Å². The zero-order chi connectivity index (χ0) is 19.6. The Balaban J connectivity index is 1.60. The summed E-state index contributed by atoms with van der Waals surface area (Å²) in [6.45, 7) is 1.37. The Kier molecular flexibility index (Phi) is 5.20. The van der Waals surface area contributed by atoms with Gasteiger partial charge in [0.2, 0.25) is 6.79 Å². The molecule has 1 heterocycles. The molecule has 2 amide bonds. The molecule has 3 N–H and O–H groups in total. The molecule has 0 spiro atoms. The zero-order valence-corrected chi connectivity index (χ0v) is 15.0. The van der Waals surface area contributed by atoms with E-state index < -0.39 is 23.2 Å². The Labute approximate surface area is 159 Å². The number of ether oxygens (including phenoxy) is 2. The number of rotatable bonds is 4. The summed E-state index contributed by atoms with van der Waals surface area (Å²) >= 11 is 5.63. The van der Waals surface area contributed by atoms with Gasteiger partial charge in [-0.05, 0) is 42.8 Å². The number of anilines is 1. The lowest BCUT2D eigenvalue weighted by atomic mass is 9.95. The summed E-state index contributed by atoms with van der Waals surface area (Å²) < 4.78 is 23.6. The fourth-order valence-corrected chi connectivity index (χ4v) is 2.61. The van der Waals surface area contributed by atoms with E-state index in [1.54, 1.807) is 18.2 Å². The Bertz CT molecular complexity index is 903. The summed E-state index contributed by atoms with van der Waals surface area (Å²) in [6, 6.07) is 8.43. The van der Waals surface area contributed by atoms with Crippen LogP contribution in [0.1, 0.15) is 12.5 Å². The van der Waals surface area contributed by atoms with Gasteiger partial charge in [0.05, 0.1) is 11.6 Å². The number of carbonyl (C=O) groups excluding carboxylic acids is 2. The van der Waals surface area contributed by atoms with Crippen LogP contribution in [0.25, 0.3) is 0 Å². The molecule has 2 aromatic carbocycles. The van der Waals surface area contributed by atoms with E-state index in [4.69, 9.17) is 21.1 Å². The Morgan fingerprint density at radius 2 is 1.93 bits per heavy atom. The van der Waals surface area contributed by atoms with Crippen molar-refractivity contribution in [1.29, 1.82) is 0 Å². The molecule has 0 fully saturated rings. The summed E-state index contributed by atoms with van der Waals surface area (Å²) in [7, 11) is 0. The molecule has 0 saturated carbocycles. The van der Waals surface area contributed by atoms with Crippen molar-refractivity contribution in [3.05, 3.63) is 52.8 Å². The first kappa shape index (κ1) is 18.9. The SMILES string of the molecule is C[C@@](O)(CNC(=O)C(=O)Nc1ccc(F)c(Cl)c1)c1ccc2c(c1)OCO2. The fourth-order valence-electron chi connectivity index (χ4n) is 2.43. The minimum Gasteiger partial charge on any atom is -0.454 e. The molecular weight excluding hydrogens is 379 g/mol. The highest BCUT2D eigenvalue weighted by Crippen LogP contribution is 2.35. The molecule has 0 unspecified atom stereocenters. The fraction of sp³-hybridized carbons (Fsp3) is 0.222. The van der Waals surface area contributed by atoms with E-state index in [9.17, 15) is 19.1 Å². The first-order valence-electron chi connectivity index (χ1n) is 7.93. The molecule has 0 saturated heterocycles. The molecule has 7 nitrogen and oxygen atoms in total. The summed E-state index contributed by atoms with van der Waals surface area (Å²) in [5, 5.41) is 15.1. The van der Waals surface area contributed by atoms with E-state index in [2.05, 4.69) is 10.6 Å². The maximum Gasteiger partial charge on any atom is 0.313 e. The number of fused-ring (bicyclic) bond motifs is 1. The van der Waals surface area contributed by atoms with Gasteiger partial charge < -0.3 is 25.2 Å². The Morgan fingerprint density at radius 3 is 2.67 bits per heavy atom.